The number of halogens is 1. The van der Waals surface area contributed by atoms with E-state index in [0.717, 1.165) is 22.4 Å². The summed E-state index contributed by atoms with van der Waals surface area (Å²) in [6.07, 6.45) is 0.745. The number of imide groups is 1. The van der Waals surface area contributed by atoms with Gasteiger partial charge in [0, 0.05) is 25.2 Å². The standard InChI is InChI=1S/C21H24N4O3.ClH/c22-10-12-24(11-9-16-5-2-1-3-6-16)20(27)18-8-4-7-17(13-18)15-25-19(26)14-23-21(25)28;/h1-8,13H,9-12,14-15,22H2,(H,23,28);1H. The SMILES string of the molecule is Cl.NCCN(CCc1ccccc1)C(=O)c1cccc(CN2C(=O)CNC2=O)c1. The van der Waals surface area contributed by atoms with Gasteiger partial charge in [0.25, 0.3) is 5.91 Å². The largest absolute Gasteiger partial charge is 0.337 e. The summed E-state index contributed by atoms with van der Waals surface area (Å²) in [6.45, 7) is 1.57. The van der Waals surface area contributed by atoms with Crippen LogP contribution < -0.4 is 11.1 Å². The Kier molecular flexibility index (Phi) is 8.18. The number of carbonyl (C=O) groups is 3. The van der Waals surface area contributed by atoms with E-state index in [4.69, 9.17) is 5.73 Å². The number of nitrogens with zero attached hydrogens (tertiary/aromatic N) is 2. The van der Waals surface area contributed by atoms with Gasteiger partial charge in [-0.15, -0.1) is 12.4 Å². The number of hydrogen-bond acceptors (Lipinski definition) is 4. The van der Waals surface area contributed by atoms with Crippen LogP contribution in [0.2, 0.25) is 0 Å². The van der Waals surface area contributed by atoms with Gasteiger partial charge in [-0.1, -0.05) is 42.5 Å². The number of carbonyl (C=O) groups excluding carboxylic acids is 3. The minimum Gasteiger partial charge on any atom is -0.337 e. The summed E-state index contributed by atoms with van der Waals surface area (Å²) in [7, 11) is 0. The maximum absolute atomic E-state index is 13.0. The smallest absolute Gasteiger partial charge is 0.324 e. The van der Waals surface area contributed by atoms with Gasteiger partial charge in [-0.25, -0.2) is 4.79 Å². The molecule has 8 heteroatoms. The van der Waals surface area contributed by atoms with Crippen LogP contribution in [0.15, 0.2) is 54.6 Å². The molecule has 1 aliphatic rings. The van der Waals surface area contributed by atoms with Crippen LogP contribution in [-0.2, 0) is 17.8 Å². The molecule has 1 saturated heterocycles. The third-order valence-electron chi connectivity index (χ3n) is 4.65. The van der Waals surface area contributed by atoms with Gasteiger partial charge in [-0.2, -0.15) is 0 Å². The van der Waals surface area contributed by atoms with Crippen LogP contribution >= 0.6 is 12.4 Å². The lowest BCUT2D eigenvalue weighted by atomic mass is 10.1. The van der Waals surface area contributed by atoms with E-state index in [9.17, 15) is 14.4 Å². The summed E-state index contributed by atoms with van der Waals surface area (Å²) in [5.41, 5.74) is 8.11. The van der Waals surface area contributed by atoms with E-state index in [1.807, 2.05) is 30.3 Å². The van der Waals surface area contributed by atoms with Gasteiger partial charge in [0.15, 0.2) is 0 Å². The van der Waals surface area contributed by atoms with Crippen LogP contribution in [0.1, 0.15) is 21.5 Å². The molecule has 0 spiro atoms. The highest BCUT2D eigenvalue weighted by molar-refractivity contribution is 6.02. The Morgan fingerprint density at radius 2 is 1.76 bits per heavy atom. The van der Waals surface area contributed by atoms with E-state index in [1.54, 1.807) is 29.2 Å². The van der Waals surface area contributed by atoms with Crippen LogP contribution in [0.5, 0.6) is 0 Å². The Labute approximate surface area is 176 Å². The summed E-state index contributed by atoms with van der Waals surface area (Å²) in [6, 6.07) is 16.6. The first kappa shape index (κ1) is 22.4. The topological polar surface area (TPSA) is 95.7 Å². The van der Waals surface area contributed by atoms with Crippen LogP contribution in [-0.4, -0.2) is 53.8 Å². The van der Waals surface area contributed by atoms with Crippen molar-refractivity contribution in [2.24, 2.45) is 5.73 Å². The zero-order chi connectivity index (χ0) is 19.9. The first-order valence-corrected chi connectivity index (χ1v) is 9.29. The molecular weight excluding hydrogens is 392 g/mol. The number of nitrogens with two attached hydrogens (primary N) is 1. The summed E-state index contributed by atoms with van der Waals surface area (Å²) in [4.78, 5) is 39.4. The van der Waals surface area contributed by atoms with Crippen molar-refractivity contribution in [2.75, 3.05) is 26.2 Å². The second-order valence-electron chi connectivity index (χ2n) is 6.66. The van der Waals surface area contributed by atoms with E-state index in [2.05, 4.69) is 5.32 Å². The van der Waals surface area contributed by atoms with Crippen molar-refractivity contribution in [3.63, 3.8) is 0 Å². The number of nitrogens with one attached hydrogen (secondary N) is 1. The summed E-state index contributed by atoms with van der Waals surface area (Å²) < 4.78 is 0. The Hall–Kier alpha value is -2.90. The number of rotatable bonds is 8. The number of hydrogen-bond donors (Lipinski definition) is 2. The molecule has 3 rings (SSSR count). The van der Waals surface area contributed by atoms with Gasteiger partial charge < -0.3 is 16.0 Å². The first-order valence-electron chi connectivity index (χ1n) is 9.29. The molecule has 3 N–H and O–H groups in total. The van der Waals surface area contributed by atoms with Crippen molar-refractivity contribution in [1.82, 2.24) is 15.1 Å². The minimum absolute atomic E-state index is 0. The molecule has 0 radical (unpaired) electrons. The lowest BCUT2D eigenvalue weighted by Crippen LogP contribution is -2.37. The van der Waals surface area contributed by atoms with Gasteiger partial charge in [-0.3, -0.25) is 14.5 Å². The van der Waals surface area contributed by atoms with Crippen molar-refractivity contribution >= 4 is 30.3 Å². The Morgan fingerprint density at radius 3 is 2.41 bits per heavy atom. The average molecular weight is 417 g/mol. The van der Waals surface area contributed by atoms with Crippen molar-refractivity contribution in [2.45, 2.75) is 13.0 Å². The first-order chi connectivity index (χ1) is 13.6. The molecule has 0 saturated carbocycles. The van der Waals surface area contributed by atoms with Gasteiger partial charge in [0.1, 0.15) is 0 Å². The molecule has 2 aromatic rings. The molecule has 4 amide bonds. The quantitative estimate of drug-likeness (QED) is 0.641. The van der Waals surface area contributed by atoms with Crippen LogP contribution in [0.25, 0.3) is 0 Å². The normalized spacial score (nSPS) is 13.1. The van der Waals surface area contributed by atoms with Crippen LogP contribution in [0.3, 0.4) is 0 Å². The van der Waals surface area contributed by atoms with Gasteiger partial charge in [-0.05, 0) is 29.7 Å². The Bertz CT molecular complexity index is 844. The molecule has 1 heterocycles. The van der Waals surface area contributed by atoms with Crippen molar-refractivity contribution in [1.29, 1.82) is 0 Å². The number of amides is 4. The molecule has 2 aromatic carbocycles. The molecule has 0 atom stereocenters. The number of urea groups is 1. The lowest BCUT2D eigenvalue weighted by molar-refractivity contribution is -0.125. The average Bonchev–Trinajstić information content (AvgIpc) is 3.03. The third kappa shape index (κ3) is 5.79. The van der Waals surface area contributed by atoms with Crippen LogP contribution in [0, 0.1) is 0 Å². The number of benzene rings is 2. The van der Waals surface area contributed by atoms with Crippen molar-refractivity contribution in [3.8, 4) is 0 Å². The van der Waals surface area contributed by atoms with E-state index < -0.39 is 6.03 Å². The molecule has 7 nitrogen and oxygen atoms in total. The fourth-order valence-electron chi connectivity index (χ4n) is 3.16. The maximum Gasteiger partial charge on any atom is 0.324 e. The van der Waals surface area contributed by atoms with E-state index in [-0.39, 0.29) is 37.3 Å². The van der Waals surface area contributed by atoms with Crippen molar-refractivity contribution in [3.05, 3.63) is 71.3 Å². The molecule has 0 bridgehead atoms. The molecule has 154 valence electrons. The molecule has 0 aromatic heterocycles. The zero-order valence-corrected chi connectivity index (χ0v) is 16.9. The Balaban J connectivity index is 0.00000300. The lowest BCUT2D eigenvalue weighted by Gasteiger charge is -2.22. The highest BCUT2D eigenvalue weighted by Gasteiger charge is 2.28. The third-order valence-corrected chi connectivity index (χ3v) is 4.65. The molecule has 0 aliphatic carbocycles. The molecule has 1 fully saturated rings. The van der Waals surface area contributed by atoms with Crippen LogP contribution in [0.4, 0.5) is 4.79 Å². The Morgan fingerprint density at radius 1 is 1.03 bits per heavy atom. The molecule has 29 heavy (non-hydrogen) atoms. The van der Waals surface area contributed by atoms with E-state index in [0.29, 0.717) is 25.2 Å². The molecule has 0 unspecified atom stereocenters. The van der Waals surface area contributed by atoms with E-state index >= 15 is 0 Å². The maximum atomic E-state index is 13.0. The highest BCUT2D eigenvalue weighted by Crippen LogP contribution is 2.13. The monoisotopic (exact) mass is 416 g/mol. The predicted molar refractivity (Wildman–Crippen MR) is 113 cm³/mol. The second kappa shape index (κ2) is 10.6. The van der Waals surface area contributed by atoms with Crippen molar-refractivity contribution < 1.29 is 14.4 Å². The van der Waals surface area contributed by atoms with Gasteiger partial charge in [0.05, 0.1) is 13.1 Å². The molecule has 1 aliphatic heterocycles. The minimum atomic E-state index is -0.408. The fraction of sp³-hybridized carbons (Fsp3) is 0.286. The summed E-state index contributed by atoms with van der Waals surface area (Å²) >= 11 is 0. The zero-order valence-electron chi connectivity index (χ0n) is 16.0. The summed E-state index contributed by atoms with van der Waals surface area (Å²) in [5, 5.41) is 2.49. The van der Waals surface area contributed by atoms with E-state index in [1.165, 1.54) is 0 Å². The predicted octanol–water partition coefficient (Wildman–Crippen LogP) is 1.80. The molecular formula is C21H25ClN4O3. The van der Waals surface area contributed by atoms with Gasteiger partial charge >= 0.3 is 6.03 Å². The fourth-order valence-corrected chi connectivity index (χ4v) is 3.16. The van der Waals surface area contributed by atoms with Gasteiger partial charge in [0.2, 0.25) is 5.91 Å². The summed E-state index contributed by atoms with van der Waals surface area (Å²) in [5.74, 6) is -0.380. The highest BCUT2D eigenvalue weighted by atomic mass is 35.5. The second-order valence-corrected chi connectivity index (χ2v) is 6.66.